The third kappa shape index (κ3) is 4.39. The number of carbonyl (C=O) groups excluding carboxylic acids is 1. The van der Waals surface area contributed by atoms with Gasteiger partial charge in [-0.15, -0.1) is 0 Å². The number of aromatic nitrogens is 4. The molecule has 0 unspecified atom stereocenters. The predicted molar refractivity (Wildman–Crippen MR) is 147 cm³/mol. The first kappa shape index (κ1) is 24.4. The van der Waals surface area contributed by atoms with Crippen molar-refractivity contribution in [2.45, 2.75) is 52.1 Å². The molecule has 0 aliphatic heterocycles. The molecule has 0 atom stereocenters. The summed E-state index contributed by atoms with van der Waals surface area (Å²) in [5.41, 5.74) is 5.11. The molecule has 3 heterocycles. The number of carbonyl (C=O) groups is 1. The van der Waals surface area contributed by atoms with Crippen LogP contribution in [0.3, 0.4) is 0 Å². The first-order chi connectivity index (χ1) is 18.4. The Morgan fingerprint density at radius 2 is 1.82 bits per heavy atom. The molecule has 1 saturated carbocycles. The van der Waals surface area contributed by atoms with Crippen molar-refractivity contribution in [1.82, 2.24) is 24.6 Å². The predicted octanol–water partition coefficient (Wildman–Crippen LogP) is 5.59. The van der Waals surface area contributed by atoms with E-state index in [4.69, 9.17) is 16.1 Å². The maximum Gasteiger partial charge on any atom is 0.333 e. The van der Waals surface area contributed by atoms with Crippen molar-refractivity contribution in [3.8, 4) is 5.69 Å². The Bertz CT molecular complexity index is 1730. The molecule has 194 valence electrons. The van der Waals surface area contributed by atoms with E-state index in [0.29, 0.717) is 34.3 Å². The highest BCUT2D eigenvalue weighted by Crippen LogP contribution is 2.28. The van der Waals surface area contributed by atoms with Gasteiger partial charge in [0.25, 0.3) is 5.91 Å². The number of nitrogens with zero attached hydrogens (tertiary/aromatic N) is 4. The van der Waals surface area contributed by atoms with E-state index in [-0.39, 0.29) is 17.6 Å². The highest BCUT2D eigenvalue weighted by Gasteiger charge is 2.26. The summed E-state index contributed by atoms with van der Waals surface area (Å²) in [4.78, 5) is 30.7. The third-order valence-corrected chi connectivity index (χ3v) is 7.86. The smallest absolute Gasteiger partial charge is 0.333 e. The fraction of sp³-hybridized carbons (Fsp3) is 0.310. The van der Waals surface area contributed by atoms with E-state index in [1.165, 1.54) is 0 Å². The van der Waals surface area contributed by atoms with Gasteiger partial charge in [-0.2, -0.15) is 0 Å². The molecule has 0 radical (unpaired) electrons. The minimum absolute atomic E-state index is 0.0684. The number of aryl methyl sites for hydroxylation is 2. The SMILES string of the molecule is Cc1ncc(Cl)cc1C(=O)NC1CCC(Cn2c(=O)n(-c3ccc4c(C)noc4c3)c3ccccc32)CC1. The van der Waals surface area contributed by atoms with Crippen LogP contribution in [0.15, 0.2) is 64.0 Å². The lowest BCUT2D eigenvalue weighted by atomic mass is 9.85. The number of rotatable bonds is 5. The monoisotopic (exact) mass is 529 g/mol. The fourth-order valence-electron chi connectivity index (χ4n) is 5.57. The molecular formula is C29H28ClN5O3. The number of para-hydroxylation sites is 2. The van der Waals surface area contributed by atoms with Crippen molar-refractivity contribution in [1.29, 1.82) is 0 Å². The Hall–Kier alpha value is -3.91. The van der Waals surface area contributed by atoms with Crippen LogP contribution in [0.1, 0.15) is 47.4 Å². The lowest BCUT2D eigenvalue weighted by Crippen LogP contribution is -2.39. The Morgan fingerprint density at radius 3 is 2.61 bits per heavy atom. The summed E-state index contributed by atoms with van der Waals surface area (Å²) >= 11 is 6.04. The zero-order valence-electron chi connectivity index (χ0n) is 21.3. The summed E-state index contributed by atoms with van der Waals surface area (Å²) in [5.74, 6) is 0.202. The van der Waals surface area contributed by atoms with Crippen LogP contribution in [0.25, 0.3) is 27.7 Å². The molecule has 2 aromatic carbocycles. The van der Waals surface area contributed by atoms with Crippen molar-refractivity contribution in [3.05, 3.63) is 87.2 Å². The highest BCUT2D eigenvalue weighted by molar-refractivity contribution is 6.30. The van der Waals surface area contributed by atoms with Crippen LogP contribution in [0, 0.1) is 19.8 Å². The van der Waals surface area contributed by atoms with Gasteiger partial charge in [0.2, 0.25) is 0 Å². The van der Waals surface area contributed by atoms with Crippen molar-refractivity contribution >= 4 is 39.5 Å². The molecule has 0 spiro atoms. The van der Waals surface area contributed by atoms with E-state index >= 15 is 0 Å². The number of halogens is 1. The number of benzene rings is 2. The maximum absolute atomic E-state index is 13.7. The summed E-state index contributed by atoms with van der Waals surface area (Å²) in [7, 11) is 0. The van der Waals surface area contributed by atoms with E-state index in [1.807, 2.05) is 54.0 Å². The lowest BCUT2D eigenvalue weighted by molar-refractivity contribution is 0.0919. The molecular weight excluding hydrogens is 502 g/mol. The van der Waals surface area contributed by atoms with Crippen LogP contribution in [0.4, 0.5) is 0 Å². The summed E-state index contributed by atoms with van der Waals surface area (Å²) in [6, 6.07) is 15.4. The van der Waals surface area contributed by atoms with Crippen molar-refractivity contribution < 1.29 is 9.32 Å². The average Bonchev–Trinajstić information content (AvgIpc) is 3.42. The molecule has 0 saturated heterocycles. The molecule has 9 heteroatoms. The summed E-state index contributed by atoms with van der Waals surface area (Å²) < 4.78 is 9.09. The lowest BCUT2D eigenvalue weighted by Gasteiger charge is -2.29. The summed E-state index contributed by atoms with van der Waals surface area (Å²) in [6.45, 7) is 4.34. The molecule has 3 aromatic heterocycles. The summed E-state index contributed by atoms with van der Waals surface area (Å²) in [6.07, 6.45) is 5.11. The largest absolute Gasteiger partial charge is 0.356 e. The van der Waals surface area contributed by atoms with Gasteiger partial charge in [-0.25, -0.2) is 4.79 Å². The van der Waals surface area contributed by atoms with E-state index < -0.39 is 0 Å². The van der Waals surface area contributed by atoms with Gasteiger partial charge in [0, 0.05) is 30.2 Å². The molecule has 1 aliphatic carbocycles. The topological polar surface area (TPSA) is 95.0 Å². The zero-order valence-corrected chi connectivity index (χ0v) is 22.0. The van der Waals surface area contributed by atoms with Crippen LogP contribution >= 0.6 is 11.6 Å². The number of fused-ring (bicyclic) bond motifs is 2. The first-order valence-corrected chi connectivity index (χ1v) is 13.3. The number of hydrogen-bond donors (Lipinski definition) is 1. The van der Waals surface area contributed by atoms with Gasteiger partial charge in [-0.1, -0.05) is 28.9 Å². The van der Waals surface area contributed by atoms with Crippen molar-refractivity contribution in [2.24, 2.45) is 5.92 Å². The quantitative estimate of drug-likeness (QED) is 0.320. The van der Waals surface area contributed by atoms with Crippen LogP contribution in [0.5, 0.6) is 0 Å². The molecule has 0 bridgehead atoms. The molecule has 1 amide bonds. The van der Waals surface area contributed by atoms with Crippen LogP contribution in [-0.4, -0.2) is 31.2 Å². The maximum atomic E-state index is 13.7. The summed E-state index contributed by atoms with van der Waals surface area (Å²) in [5, 5.41) is 8.58. The molecule has 38 heavy (non-hydrogen) atoms. The second kappa shape index (κ2) is 9.76. The van der Waals surface area contributed by atoms with Gasteiger partial charge in [0.15, 0.2) is 5.58 Å². The molecule has 8 nitrogen and oxygen atoms in total. The van der Waals surface area contributed by atoms with Crippen LogP contribution < -0.4 is 11.0 Å². The van der Waals surface area contributed by atoms with E-state index in [2.05, 4.69) is 15.5 Å². The van der Waals surface area contributed by atoms with Gasteiger partial charge >= 0.3 is 5.69 Å². The van der Waals surface area contributed by atoms with Gasteiger partial charge < -0.3 is 9.84 Å². The first-order valence-electron chi connectivity index (χ1n) is 12.9. The normalized spacial score (nSPS) is 17.8. The molecule has 1 fully saturated rings. The van der Waals surface area contributed by atoms with E-state index in [0.717, 1.165) is 53.5 Å². The minimum atomic E-state index is -0.140. The number of amides is 1. The standard InChI is InChI=1S/C29H28ClN5O3/c1-17-24(13-20(30)15-31-17)28(36)32-21-9-7-19(8-10-21)16-34-25-5-3-4-6-26(25)35(29(34)37)22-11-12-23-18(2)33-38-27(23)14-22/h3-6,11-15,19,21H,7-10,16H2,1-2H3,(H,32,36). The number of imidazole rings is 1. The zero-order chi connectivity index (χ0) is 26.4. The Morgan fingerprint density at radius 1 is 1.05 bits per heavy atom. The minimum Gasteiger partial charge on any atom is -0.356 e. The number of nitrogens with one attached hydrogen (secondary N) is 1. The van der Waals surface area contributed by atoms with E-state index in [1.54, 1.807) is 23.8 Å². The van der Waals surface area contributed by atoms with Gasteiger partial charge in [0.05, 0.1) is 38.7 Å². The van der Waals surface area contributed by atoms with Crippen molar-refractivity contribution in [3.63, 3.8) is 0 Å². The number of pyridine rings is 1. The Balaban J connectivity index is 1.20. The molecule has 1 N–H and O–H groups in total. The second-order valence-electron chi connectivity index (χ2n) is 10.1. The molecule has 6 rings (SSSR count). The van der Waals surface area contributed by atoms with E-state index in [9.17, 15) is 9.59 Å². The average molecular weight is 530 g/mol. The highest BCUT2D eigenvalue weighted by atomic mass is 35.5. The molecule has 1 aliphatic rings. The van der Waals surface area contributed by atoms with Crippen LogP contribution in [-0.2, 0) is 6.54 Å². The van der Waals surface area contributed by atoms with Crippen LogP contribution in [0.2, 0.25) is 5.02 Å². The van der Waals surface area contributed by atoms with Gasteiger partial charge in [-0.05, 0) is 75.8 Å². The Labute approximate surface area is 224 Å². The third-order valence-electron chi connectivity index (χ3n) is 7.65. The number of hydrogen-bond acceptors (Lipinski definition) is 5. The fourth-order valence-corrected chi connectivity index (χ4v) is 5.73. The van der Waals surface area contributed by atoms with Gasteiger partial charge in [0.1, 0.15) is 0 Å². The molecule has 5 aromatic rings. The van der Waals surface area contributed by atoms with Gasteiger partial charge in [-0.3, -0.25) is 18.9 Å². The van der Waals surface area contributed by atoms with Crippen molar-refractivity contribution in [2.75, 3.05) is 0 Å². The Kier molecular flexibility index (Phi) is 6.27. The second-order valence-corrected chi connectivity index (χ2v) is 10.6.